The van der Waals surface area contributed by atoms with Gasteiger partial charge in [-0.1, -0.05) is 6.92 Å². The lowest BCUT2D eigenvalue weighted by atomic mass is 9.82. The van der Waals surface area contributed by atoms with Gasteiger partial charge in [0.1, 0.15) is 11.9 Å². The van der Waals surface area contributed by atoms with Gasteiger partial charge in [-0.25, -0.2) is 4.98 Å². The third-order valence-electron chi connectivity index (χ3n) is 4.05. The summed E-state index contributed by atoms with van der Waals surface area (Å²) < 4.78 is 7.26. The van der Waals surface area contributed by atoms with Crippen molar-refractivity contribution in [3.05, 3.63) is 18.2 Å². The summed E-state index contributed by atoms with van der Waals surface area (Å²) in [5.74, 6) is 0.911. The van der Waals surface area contributed by atoms with Crippen LogP contribution in [-0.2, 0) is 9.53 Å². The number of hydrogen-bond acceptors (Lipinski definition) is 3. The van der Waals surface area contributed by atoms with Crippen molar-refractivity contribution in [3.63, 3.8) is 0 Å². The van der Waals surface area contributed by atoms with Crippen molar-refractivity contribution >= 4 is 5.91 Å². The number of aromatic nitrogens is 2. The molecule has 1 amide bonds. The Bertz CT molecular complexity index is 436. The number of amides is 1. The van der Waals surface area contributed by atoms with E-state index in [1.807, 2.05) is 24.6 Å². The van der Waals surface area contributed by atoms with Crippen LogP contribution in [-0.4, -0.2) is 35.2 Å². The van der Waals surface area contributed by atoms with E-state index >= 15 is 0 Å². The summed E-state index contributed by atoms with van der Waals surface area (Å²) in [5.41, 5.74) is 0.164. The zero-order valence-electron chi connectivity index (χ0n) is 12.0. The van der Waals surface area contributed by atoms with E-state index in [0.29, 0.717) is 6.54 Å². The van der Waals surface area contributed by atoms with Crippen LogP contribution in [0.3, 0.4) is 0 Å². The van der Waals surface area contributed by atoms with Gasteiger partial charge in [0.25, 0.3) is 0 Å². The molecule has 0 saturated carbocycles. The molecule has 0 radical (unpaired) electrons. The molecule has 0 aromatic carbocycles. The lowest BCUT2D eigenvalue weighted by Crippen LogP contribution is -2.41. The fraction of sp³-hybridized carbons (Fsp3) is 0.714. The van der Waals surface area contributed by atoms with Gasteiger partial charge in [0.15, 0.2) is 0 Å². The maximum absolute atomic E-state index is 12.2. The second-order valence-electron chi connectivity index (χ2n) is 5.70. The van der Waals surface area contributed by atoms with E-state index in [1.165, 1.54) is 0 Å². The molecule has 0 spiro atoms. The molecule has 1 aromatic heterocycles. The highest BCUT2D eigenvalue weighted by Gasteiger charge is 2.28. The van der Waals surface area contributed by atoms with Crippen LogP contribution in [0, 0.1) is 12.3 Å². The topological polar surface area (TPSA) is 56.2 Å². The van der Waals surface area contributed by atoms with Gasteiger partial charge in [-0.15, -0.1) is 0 Å². The number of carbonyl (C=O) groups is 1. The third kappa shape index (κ3) is 3.35. The van der Waals surface area contributed by atoms with E-state index in [9.17, 15) is 4.79 Å². The van der Waals surface area contributed by atoms with Crippen LogP contribution >= 0.6 is 0 Å². The lowest BCUT2D eigenvalue weighted by Gasteiger charge is -2.34. The number of rotatable bonds is 4. The van der Waals surface area contributed by atoms with Crippen LogP contribution in [0.15, 0.2) is 12.4 Å². The average Bonchev–Trinajstić information content (AvgIpc) is 2.82. The molecule has 19 heavy (non-hydrogen) atoms. The number of aryl methyl sites for hydroxylation is 1. The zero-order chi connectivity index (χ0) is 13.9. The van der Waals surface area contributed by atoms with Gasteiger partial charge in [-0.2, -0.15) is 0 Å². The number of nitrogens with zero attached hydrogens (tertiary/aromatic N) is 2. The second-order valence-corrected chi connectivity index (χ2v) is 5.70. The molecule has 1 saturated heterocycles. The highest BCUT2D eigenvalue weighted by atomic mass is 16.5. The summed E-state index contributed by atoms with van der Waals surface area (Å²) in [4.78, 5) is 16.3. The first kappa shape index (κ1) is 14.1. The Hall–Kier alpha value is -1.36. The van der Waals surface area contributed by atoms with Gasteiger partial charge in [-0.3, -0.25) is 4.79 Å². The molecule has 1 N–H and O–H groups in total. The maximum Gasteiger partial charge on any atom is 0.242 e. The van der Waals surface area contributed by atoms with E-state index in [2.05, 4.69) is 17.2 Å². The number of hydrogen-bond donors (Lipinski definition) is 1. The van der Waals surface area contributed by atoms with E-state index in [-0.39, 0.29) is 17.4 Å². The molecule has 1 atom stereocenters. The van der Waals surface area contributed by atoms with Crippen molar-refractivity contribution in [3.8, 4) is 0 Å². The Kier molecular flexibility index (Phi) is 4.24. The smallest absolute Gasteiger partial charge is 0.242 e. The maximum atomic E-state index is 12.2. The number of carbonyl (C=O) groups excluding carboxylic acids is 1. The molecular weight excluding hydrogens is 242 g/mol. The SMILES string of the molecule is Cc1nccn1C(C)C(=O)NCC1(C)CCOCC1. The Morgan fingerprint density at radius 2 is 2.26 bits per heavy atom. The number of ether oxygens (including phenoxy) is 1. The standard InChI is InChI=1S/C14H23N3O2/c1-11(17-7-6-15-12(17)2)13(18)16-10-14(3)4-8-19-9-5-14/h6-7,11H,4-5,8-10H2,1-3H3,(H,16,18). The molecule has 1 aliphatic heterocycles. The minimum Gasteiger partial charge on any atom is -0.381 e. The summed E-state index contributed by atoms with van der Waals surface area (Å²) in [7, 11) is 0. The molecule has 1 unspecified atom stereocenters. The fourth-order valence-corrected chi connectivity index (χ4v) is 2.41. The Morgan fingerprint density at radius 1 is 1.58 bits per heavy atom. The summed E-state index contributed by atoms with van der Waals surface area (Å²) in [6, 6.07) is -0.217. The number of nitrogens with one attached hydrogen (secondary N) is 1. The molecule has 1 aromatic rings. The van der Waals surface area contributed by atoms with Crippen LogP contribution in [0.5, 0.6) is 0 Å². The van der Waals surface area contributed by atoms with E-state index in [4.69, 9.17) is 4.74 Å². The summed E-state index contributed by atoms with van der Waals surface area (Å²) in [5, 5.41) is 3.07. The van der Waals surface area contributed by atoms with Gasteiger partial charge < -0.3 is 14.6 Å². The number of imidazole rings is 1. The first-order chi connectivity index (χ1) is 9.02. The van der Waals surface area contributed by atoms with Crippen molar-refractivity contribution < 1.29 is 9.53 Å². The van der Waals surface area contributed by atoms with Gasteiger partial charge >= 0.3 is 0 Å². The van der Waals surface area contributed by atoms with Crippen LogP contribution in [0.1, 0.15) is 38.6 Å². The van der Waals surface area contributed by atoms with Gasteiger partial charge in [0.05, 0.1) is 0 Å². The van der Waals surface area contributed by atoms with Crippen molar-refractivity contribution in [1.82, 2.24) is 14.9 Å². The molecule has 106 valence electrons. The summed E-state index contributed by atoms with van der Waals surface area (Å²) >= 11 is 0. The minimum absolute atomic E-state index is 0.0498. The summed E-state index contributed by atoms with van der Waals surface area (Å²) in [6.45, 7) is 8.32. The lowest BCUT2D eigenvalue weighted by molar-refractivity contribution is -0.124. The van der Waals surface area contributed by atoms with Gasteiger partial charge in [0, 0.05) is 32.2 Å². The normalized spacial score (nSPS) is 19.9. The molecule has 2 heterocycles. The highest BCUT2D eigenvalue weighted by Crippen LogP contribution is 2.28. The molecule has 0 aliphatic carbocycles. The zero-order valence-corrected chi connectivity index (χ0v) is 12.0. The average molecular weight is 265 g/mol. The Labute approximate surface area is 114 Å². The van der Waals surface area contributed by atoms with Crippen LogP contribution < -0.4 is 5.32 Å². The third-order valence-corrected chi connectivity index (χ3v) is 4.05. The monoisotopic (exact) mass is 265 g/mol. The summed E-state index contributed by atoms with van der Waals surface area (Å²) in [6.07, 6.45) is 5.58. The molecule has 1 aliphatic rings. The molecule has 2 rings (SSSR count). The molecule has 5 heteroatoms. The predicted molar refractivity (Wildman–Crippen MR) is 72.8 cm³/mol. The molecule has 0 bridgehead atoms. The first-order valence-corrected chi connectivity index (χ1v) is 6.87. The molecular formula is C14H23N3O2. The Balaban J connectivity index is 1.89. The second kappa shape index (κ2) is 5.74. The molecule has 1 fully saturated rings. The van der Waals surface area contributed by atoms with Crippen molar-refractivity contribution in [2.75, 3.05) is 19.8 Å². The molecule has 5 nitrogen and oxygen atoms in total. The van der Waals surface area contributed by atoms with E-state index in [1.54, 1.807) is 6.20 Å². The van der Waals surface area contributed by atoms with Gasteiger partial charge in [-0.05, 0) is 32.1 Å². The van der Waals surface area contributed by atoms with E-state index in [0.717, 1.165) is 31.9 Å². The first-order valence-electron chi connectivity index (χ1n) is 6.87. The quantitative estimate of drug-likeness (QED) is 0.901. The van der Waals surface area contributed by atoms with Crippen molar-refractivity contribution in [1.29, 1.82) is 0 Å². The predicted octanol–water partition coefficient (Wildman–Crippen LogP) is 1.69. The minimum atomic E-state index is -0.217. The van der Waals surface area contributed by atoms with Crippen molar-refractivity contribution in [2.45, 2.75) is 39.7 Å². The highest BCUT2D eigenvalue weighted by molar-refractivity contribution is 5.80. The van der Waals surface area contributed by atoms with Crippen LogP contribution in [0.25, 0.3) is 0 Å². The fourth-order valence-electron chi connectivity index (χ4n) is 2.41. The van der Waals surface area contributed by atoms with Gasteiger partial charge in [0.2, 0.25) is 5.91 Å². The van der Waals surface area contributed by atoms with E-state index < -0.39 is 0 Å². The Morgan fingerprint density at radius 3 is 2.84 bits per heavy atom. The van der Waals surface area contributed by atoms with Crippen molar-refractivity contribution in [2.24, 2.45) is 5.41 Å². The van der Waals surface area contributed by atoms with Crippen LogP contribution in [0.4, 0.5) is 0 Å². The van der Waals surface area contributed by atoms with Crippen LogP contribution in [0.2, 0.25) is 0 Å². The largest absolute Gasteiger partial charge is 0.381 e.